The van der Waals surface area contributed by atoms with Gasteiger partial charge in [0.05, 0.1) is 35.5 Å². The molecule has 0 aliphatic rings. The van der Waals surface area contributed by atoms with E-state index in [-0.39, 0.29) is 46.5 Å². The van der Waals surface area contributed by atoms with Gasteiger partial charge in [-0.3, -0.25) is 19.7 Å². The van der Waals surface area contributed by atoms with Crippen LogP contribution in [0.2, 0.25) is 0 Å². The summed E-state index contributed by atoms with van der Waals surface area (Å²) in [5.74, 6) is -1.76. The van der Waals surface area contributed by atoms with Gasteiger partial charge >= 0.3 is 11.9 Å². The third-order valence-electron chi connectivity index (χ3n) is 6.58. The molecule has 2 amide bonds. The lowest BCUT2D eigenvalue weighted by molar-refractivity contribution is -0.385. The van der Waals surface area contributed by atoms with E-state index in [1.807, 2.05) is 11.5 Å². The highest BCUT2D eigenvalue weighted by Crippen LogP contribution is 2.35. The van der Waals surface area contributed by atoms with Gasteiger partial charge in [0.1, 0.15) is 9.88 Å². The Hall–Kier alpha value is -4.31. The van der Waals surface area contributed by atoms with Crippen molar-refractivity contribution in [3.63, 3.8) is 0 Å². The normalized spacial score (nSPS) is 11.5. The van der Waals surface area contributed by atoms with Crippen molar-refractivity contribution in [2.45, 2.75) is 77.9 Å². The maximum atomic E-state index is 13.3. The van der Waals surface area contributed by atoms with Gasteiger partial charge in [0.25, 0.3) is 11.6 Å². The zero-order valence-electron chi connectivity index (χ0n) is 25.9. The minimum atomic E-state index is -0.700. The van der Waals surface area contributed by atoms with Crippen molar-refractivity contribution in [1.29, 1.82) is 0 Å². The number of thioether (sulfide) groups is 1. The average Bonchev–Trinajstić information content (AvgIpc) is 3.53. The van der Waals surface area contributed by atoms with Crippen molar-refractivity contribution in [2.24, 2.45) is 0 Å². The van der Waals surface area contributed by atoms with E-state index in [1.165, 1.54) is 18.2 Å². The summed E-state index contributed by atoms with van der Waals surface area (Å²) in [7, 11) is 0. The van der Waals surface area contributed by atoms with Crippen LogP contribution in [0.25, 0.3) is 0 Å². The third kappa shape index (κ3) is 8.66. The first-order chi connectivity index (χ1) is 21.4. The number of aromatic nitrogens is 3. The van der Waals surface area contributed by atoms with Gasteiger partial charge in [-0.25, -0.2) is 9.59 Å². The Labute approximate surface area is 268 Å². The number of carbonyl (C=O) groups excluding carboxylic acids is 4. The summed E-state index contributed by atoms with van der Waals surface area (Å²) in [5, 5.41) is 25.2. The van der Waals surface area contributed by atoms with E-state index in [4.69, 9.17) is 9.47 Å². The van der Waals surface area contributed by atoms with E-state index in [0.717, 1.165) is 35.9 Å². The van der Waals surface area contributed by atoms with Crippen molar-refractivity contribution in [3.8, 4) is 0 Å². The summed E-state index contributed by atoms with van der Waals surface area (Å²) >= 11 is 2.08. The standard InChI is InChI=1S/C29H36N6O8S2/c1-7-10-13-34-21(15-30-25(37)19-12-11-16(4)20(14-19)35(40)41)32-33-29(34)44-18(6)24(36)31-26-22(27(38)42-8-2)17(5)23(45-26)28(39)43-9-3/h11-12,14,18H,7-10,13,15H2,1-6H3,(H,30,37)(H,31,36)/t18-/m0/s1. The molecule has 0 bridgehead atoms. The van der Waals surface area contributed by atoms with Crippen molar-refractivity contribution >= 4 is 57.5 Å². The lowest BCUT2D eigenvalue weighted by atomic mass is 10.1. The molecular weight excluding hydrogens is 624 g/mol. The summed E-state index contributed by atoms with van der Waals surface area (Å²) in [6.07, 6.45) is 1.65. The Balaban J connectivity index is 1.78. The summed E-state index contributed by atoms with van der Waals surface area (Å²) < 4.78 is 12.1. The van der Waals surface area contributed by atoms with Crippen molar-refractivity contribution < 1.29 is 33.6 Å². The number of anilines is 1. The summed E-state index contributed by atoms with van der Waals surface area (Å²) in [4.78, 5) is 62.2. The molecular formula is C29H36N6O8S2. The molecule has 0 radical (unpaired) electrons. The van der Waals surface area contributed by atoms with Gasteiger partial charge in [0.2, 0.25) is 5.91 Å². The molecule has 0 aliphatic heterocycles. The fourth-order valence-electron chi connectivity index (χ4n) is 4.15. The zero-order chi connectivity index (χ0) is 33.3. The molecule has 14 nitrogen and oxygen atoms in total. The number of hydrogen-bond acceptors (Lipinski definition) is 12. The maximum absolute atomic E-state index is 13.3. The average molecular weight is 661 g/mol. The minimum absolute atomic E-state index is 0.00632. The number of nitro benzene ring substituents is 1. The van der Waals surface area contributed by atoms with Crippen LogP contribution in [0, 0.1) is 24.0 Å². The molecule has 1 atom stereocenters. The predicted octanol–water partition coefficient (Wildman–Crippen LogP) is 5.07. The number of nitrogens with one attached hydrogen (secondary N) is 2. The molecule has 0 aliphatic carbocycles. The lowest BCUT2D eigenvalue weighted by Gasteiger charge is -2.14. The van der Waals surface area contributed by atoms with Crippen LogP contribution in [-0.4, -0.2) is 61.9 Å². The second kappa shape index (κ2) is 16.1. The fraction of sp³-hybridized carbons (Fsp3) is 0.448. The molecule has 0 saturated heterocycles. The van der Waals surface area contributed by atoms with Crippen LogP contribution in [0.1, 0.15) is 87.9 Å². The fourth-order valence-corrected chi connectivity index (χ4v) is 6.14. The number of amides is 2. The molecule has 0 saturated carbocycles. The SMILES string of the molecule is CCCCn1c(CNC(=O)c2ccc(C)c([N+](=O)[O-])c2)nnc1S[C@@H](C)C(=O)Nc1sc(C(=O)OCC)c(C)c1C(=O)OCC. The molecule has 0 spiro atoms. The molecule has 3 rings (SSSR count). The monoisotopic (exact) mass is 660 g/mol. The molecule has 0 fully saturated rings. The molecule has 1 aromatic carbocycles. The highest BCUT2D eigenvalue weighted by molar-refractivity contribution is 8.00. The Kier molecular flexibility index (Phi) is 12.6. The molecule has 3 aromatic rings. The second-order valence-electron chi connectivity index (χ2n) is 9.80. The highest BCUT2D eigenvalue weighted by Gasteiger charge is 2.29. The Morgan fingerprint density at radius 3 is 2.42 bits per heavy atom. The second-order valence-corrected chi connectivity index (χ2v) is 12.1. The summed E-state index contributed by atoms with van der Waals surface area (Å²) in [6.45, 7) is 11.0. The Bertz CT molecular complexity index is 1580. The molecule has 16 heteroatoms. The number of aryl methyl sites for hydroxylation is 1. The van der Waals surface area contributed by atoms with Crippen molar-refractivity contribution in [1.82, 2.24) is 20.1 Å². The largest absolute Gasteiger partial charge is 0.462 e. The number of benzene rings is 1. The van der Waals surface area contributed by atoms with Crippen molar-refractivity contribution in [2.75, 3.05) is 18.5 Å². The van der Waals surface area contributed by atoms with Gasteiger partial charge < -0.3 is 24.7 Å². The van der Waals surface area contributed by atoms with Crippen LogP contribution in [0.4, 0.5) is 10.7 Å². The number of nitrogens with zero attached hydrogens (tertiary/aromatic N) is 4. The molecule has 2 heterocycles. The van der Waals surface area contributed by atoms with Crippen LogP contribution >= 0.6 is 23.1 Å². The number of rotatable bonds is 15. The van der Waals surface area contributed by atoms with Crippen LogP contribution in [-0.2, 0) is 27.4 Å². The smallest absolute Gasteiger partial charge is 0.348 e. The number of esters is 2. The predicted molar refractivity (Wildman–Crippen MR) is 169 cm³/mol. The molecule has 242 valence electrons. The molecule has 0 unspecified atom stereocenters. The minimum Gasteiger partial charge on any atom is -0.462 e. The number of ether oxygens (including phenoxy) is 2. The number of unbranched alkanes of at least 4 members (excludes halogenated alkanes) is 1. The summed E-state index contributed by atoms with van der Waals surface area (Å²) in [5.41, 5.74) is 0.895. The topological polar surface area (TPSA) is 185 Å². The van der Waals surface area contributed by atoms with Gasteiger partial charge in [-0.2, -0.15) is 0 Å². The lowest BCUT2D eigenvalue weighted by Crippen LogP contribution is -2.25. The van der Waals surface area contributed by atoms with Crippen LogP contribution in [0.5, 0.6) is 0 Å². The quantitative estimate of drug-likeness (QED) is 0.0960. The first-order valence-corrected chi connectivity index (χ1v) is 16.0. The maximum Gasteiger partial charge on any atom is 0.348 e. The first kappa shape index (κ1) is 35.2. The first-order valence-electron chi connectivity index (χ1n) is 14.3. The molecule has 2 aromatic heterocycles. The van der Waals surface area contributed by atoms with Crippen LogP contribution in [0.3, 0.4) is 0 Å². The number of nitro groups is 1. The molecule has 2 N–H and O–H groups in total. The number of hydrogen-bond donors (Lipinski definition) is 2. The number of thiophene rings is 1. The van der Waals surface area contributed by atoms with Crippen molar-refractivity contribution in [3.05, 3.63) is 61.3 Å². The van der Waals surface area contributed by atoms with Gasteiger partial charge in [-0.15, -0.1) is 21.5 Å². The van der Waals surface area contributed by atoms with Gasteiger partial charge in [-0.05, 0) is 52.7 Å². The van der Waals surface area contributed by atoms with E-state index < -0.39 is 33.9 Å². The number of carbonyl (C=O) groups is 4. The van der Waals surface area contributed by atoms with Gasteiger partial charge in [0, 0.05) is 23.7 Å². The van der Waals surface area contributed by atoms with E-state index >= 15 is 0 Å². The van der Waals surface area contributed by atoms with E-state index in [0.29, 0.717) is 28.7 Å². The Morgan fingerprint density at radius 1 is 1.09 bits per heavy atom. The van der Waals surface area contributed by atoms with Gasteiger partial charge in [-0.1, -0.05) is 31.2 Å². The summed E-state index contributed by atoms with van der Waals surface area (Å²) in [6, 6.07) is 4.26. The third-order valence-corrected chi connectivity index (χ3v) is 8.85. The van der Waals surface area contributed by atoms with E-state index in [1.54, 1.807) is 34.6 Å². The van der Waals surface area contributed by atoms with E-state index in [2.05, 4.69) is 20.8 Å². The highest BCUT2D eigenvalue weighted by atomic mass is 32.2. The van der Waals surface area contributed by atoms with E-state index in [9.17, 15) is 29.3 Å². The zero-order valence-corrected chi connectivity index (χ0v) is 27.6. The van der Waals surface area contributed by atoms with Gasteiger partial charge in [0.15, 0.2) is 11.0 Å². The van der Waals surface area contributed by atoms with Crippen LogP contribution in [0.15, 0.2) is 23.4 Å². The molecule has 45 heavy (non-hydrogen) atoms. The van der Waals surface area contributed by atoms with Crippen LogP contribution < -0.4 is 10.6 Å². The Morgan fingerprint density at radius 2 is 1.78 bits per heavy atom.